The quantitative estimate of drug-likeness (QED) is 0.750. The van der Waals surface area contributed by atoms with E-state index >= 15 is 0 Å². The van der Waals surface area contributed by atoms with Crippen LogP contribution in [0.4, 0.5) is 0 Å². The number of nitrogens with zero attached hydrogens (tertiary/aromatic N) is 1. The van der Waals surface area contributed by atoms with Gasteiger partial charge in [0, 0.05) is 26.3 Å². The average Bonchev–Trinajstić information content (AvgIpc) is 2.21. The van der Waals surface area contributed by atoms with Crippen LogP contribution in [0.25, 0.3) is 0 Å². The number of ether oxygens (including phenoxy) is 1. The van der Waals surface area contributed by atoms with Crippen LogP contribution in [0.1, 0.15) is 26.7 Å². The molecule has 1 saturated heterocycles. The number of likely N-dealkylation sites (tertiary alicyclic amines) is 1. The SMILES string of the molecule is COCC1CCN(CC(C)C(C)N)CC1. The minimum atomic E-state index is 0.307. The monoisotopic (exact) mass is 214 g/mol. The summed E-state index contributed by atoms with van der Waals surface area (Å²) in [4.78, 5) is 2.54. The van der Waals surface area contributed by atoms with E-state index in [2.05, 4.69) is 18.7 Å². The molecule has 2 unspecified atom stereocenters. The topological polar surface area (TPSA) is 38.5 Å². The second-order valence-electron chi connectivity index (χ2n) is 5.04. The molecule has 2 N–H and O–H groups in total. The first kappa shape index (κ1) is 12.9. The van der Waals surface area contributed by atoms with Crippen molar-refractivity contribution >= 4 is 0 Å². The van der Waals surface area contributed by atoms with E-state index in [4.69, 9.17) is 10.5 Å². The van der Waals surface area contributed by atoms with E-state index in [0.717, 1.165) is 19.1 Å². The molecule has 15 heavy (non-hydrogen) atoms. The van der Waals surface area contributed by atoms with E-state index in [1.165, 1.54) is 25.9 Å². The van der Waals surface area contributed by atoms with Gasteiger partial charge in [-0.1, -0.05) is 6.92 Å². The lowest BCUT2D eigenvalue weighted by atomic mass is 9.96. The Morgan fingerprint density at radius 2 is 1.93 bits per heavy atom. The minimum absolute atomic E-state index is 0.307. The number of nitrogens with two attached hydrogens (primary N) is 1. The van der Waals surface area contributed by atoms with Crippen molar-refractivity contribution in [1.82, 2.24) is 4.90 Å². The van der Waals surface area contributed by atoms with Gasteiger partial charge in [-0.15, -0.1) is 0 Å². The summed E-state index contributed by atoms with van der Waals surface area (Å²) in [5.74, 6) is 1.38. The Hall–Kier alpha value is -0.120. The Morgan fingerprint density at radius 1 is 1.33 bits per heavy atom. The standard InChI is InChI=1S/C12H26N2O/c1-10(11(2)13)8-14-6-4-12(5-7-14)9-15-3/h10-12H,4-9,13H2,1-3H3. The molecular formula is C12H26N2O. The molecule has 0 radical (unpaired) electrons. The molecule has 3 heteroatoms. The van der Waals surface area contributed by atoms with Gasteiger partial charge in [0.1, 0.15) is 0 Å². The summed E-state index contributed by atoms with van der Waals surface area (Å²) in [6, 6.07) is 0.307. The zero-order chi connectivity index (χ0) is 11.3. The number of hydrogen-bond acceptors (Lipinski definition) is 3. The lowest BCUT2D eigenvalue weighted by molar-refractivity contribution is 0.0921. The van der Waals surface area contributed by atoms with Crippen LogP contribution < -0.4 is 5.73 Å². The molecule has 0 spiro atoms. The van der Waals surface area contributed by atoms with Crippen LogP contribution in [0.3, 0.4) is 0 Å². The molecule has 1 heterocycles. The van der Waals surface area contributed by atoms with Crippen molar-refractivity contribution in [1.29, 1.82) is 0 Å². The minimum Gasteiger partial charge on any atom is -0.384 e. The summed E-state index contributed by atoms with van der Waals surface area (Å²) < 4.78 is 5.20. The summed E-state index contributed by atoms with van der Waals surface area (Å²) >= 11 is 0. The Balaban J connectivity index is 2.19. The first-order valence-electron chi connectivity index (χ1n) is 6.10. The van der Waals surface area contributed by atoms with E-state index < -0.39 is 0 Å². The maximum Gasteiger partial charge on any atom is 0.0491 e. The molecule has 0 amide bonds. The van der Waals surface area contributed by atoms with Gasteiger partial charge in [0.25, 0.3) is 0 Å². The molecule has 1 fully saturated rings. The molecule has 90 valence electrons. The molecule has 0 aliphatic carbocycles. The molecule has 3 nitrogen and oxygen atoms in total. The van der Waals surface area contributed by atoms with Crippen LogP contribution in [-0.2, 0) is 4.74 Å². The average molecular weight is 214 g/mol. The largest absolute Gasteiger partial charge is 0.384 e. The Labute approximate surface area is 94.0 Å². The van der Waals surface area contributed by atoms with E-state index in [0.29, 0.717) is 12.0 Å². The highest BCUT2D eigenvalue weighted by Crippen LogP contribution is 2.18. The second kappa shape index (κ2) is 6.46. The Morgan fingerprint density at radius 3 is 2.40 bits per heavy atom. The lowest BCUT2D eigenvalue weighted by Crippen LogP contribution is -2.41. The molecule has 0 saturated carbocycles. The number of hydrogen-bond donors (Lipinski definition) is 1. The highest BCUT2D eigenvalue weighted by molar-refractivity contribution is 4.75. The van der Waals surface area contributed by atoms with Crippen LogP contribution in [0.15, 0.2) is 0 Å². The molecule has 0 bridgehead atoms. The van der Waals surface area contributed by atoms with Gasteiger partial charge in [-0.3, -0.25) is 0 Å². The van der Waals surface area contributed by atoms with Crippen molar-refractivity contribution in [2.75, 3.05) is 33.4 Å². The van der Waals surface area contributed by atoms with Gasteiger partial charge in [-0.25, -0.2) is 0 Å². The van der Waals surface area contributed by atoms with Crippen LogP contribution in [0, 0.1) is 11.8 Å². The van der Waals surface area contributed by atoms with E-state index in [9.17, 15) is 0 Å². The summed E-state index contributed by atoms with van der Waals surface area (Å²) in [5, 5.41) is 0. The summed E-state index contributed by atoms with van der Waals surface area (Å²) in [5.41, 5.74) is 5.88. The number of piperidine rings is 1. The summed E-state index contributed by atoms with van der Waals surface area (Å²) in [6.07, 6.45) is 2.55. The van der Waals surface area contributed by atoms with Crippen molar-refractivity contribution in [3.05, 3.63) is 0 Å². The van der Waals surface area contributed by atoms with Gasteiger partial charge in [0.15, 0.2) is 0 Å². The fraction of sp³-hybridized carbons (Fsp3) is 1.00. The molecule has 2 atom stereocenters. The number of rotatable bonds is 5. The highest BCUT2D eigenvalue weighted by Gasteiger charge is 2.21. The fourth-order valence-electron chi connectivity index (χ4n) is 2.14. The second-order valence-corrected chi connectivity index (χ2v) is 5.04. The van der Waals surface area contributed by atoms with E-state index in [1.54, 1.807) is 7.11 Å². The first-order chi connectivity index (χ1) is 7.13. The van der Waals surface area contributed by atoms with Crippen LogP contribution in [0.2, 0.25) is 0 Å². The molecular weight excluding hydrogens is 188 g/mol. The van der Waals surface area contributed by atoms with Crippen LogP contribution >= 0.6 is 0 Å². The van der Waals surface area contributed by atoms with Gasteiger partial charge < -0.3 is 15.4 Å². The lowest BCUT2D eigenvalue weighted by Gasteiger charge is -2.34. The maximum absolute atomic E-state index is 5.88. The normalized spacial score (nSPS) is 24.0. The first-order valence-corrected chi connectivity index (χ1v) is 6.10. The van der Waals surface area contributed by atoms with Crippen molar-refractivity contribution in [2.45, 2.75) is 32.7 Å². The van der Waals surface area contributed by atoms with Gasteiger partial charge in [-0.05, 0) is 44.7 Å². The van der Waals surface area contributed by atoms with Crippen molar-refractivity contribution in [3.63, 3.8) is 0 Å². The third kappa shape index (κ3) is 4.49. The Kier molecular flexibility index (Phi) is 5.58. The van der Waals surface area contributed by atoms with Crippen molar-refractivity contribution < 1.29 is 4.74 Å². The molecule has 0 aromatic heterocycles. The molecule has 0 aromatic rings. The molecule has 1 aliphatic heterocycles. The van der Waals surface area contributed by atoms with Crippen molar-refractivity contribution in [2.24, 2.45) is 17.6 Å². The van der Waals surface area contributed by atoms with E-state index in [-0.39, 0.29) is 0 Å². The third-order valence-electron chi connectivity index (χ3n) is 3.55. The molecule has 0 aromatic carbocycles. The zero-order valence-corrected chi connectivity index (χ0v) is 10.4. The molecule has 1 rings (SSSR count). The molecule has 1 aliphatic rings. The van der Waals surface area contributed by atoms with E-state index in [1.807, 2.05) is 0 Å². The summed E-state index contributed by atoms with van der Waals surface area (Å²) in [6.45, 7) is 8.85. The van der Waals surface area contributed by atoms with Gasteiger partial charge in [-0.2, -0.15) is 0 Å². The number of methoxy groups -OCH3 is 1. The Bertz CT molecular complexity index is 165. The fourth-order valence-corrected chi connectivity index (χ4v) is 2.14. The zero-order valence-electron chi connectivity index (χ0n) is 10.4. The van der Waals surface area contributed by atoms with Crippen LogP contribution in [-0.4, -0.2) is 44.3 Å². The third-order valence-corrected chi connectivity index (χ3v) is 3.55. The smallest absolute Gasteiger partial charge is 0.0491 e. The van der Waals surface area contributed by atoms with Gasteiger partial charge in [0.05, 0.1) is 0 Å². The van der Waals surface area contributed by atoms with Crippen LogP contribution in [0.5, 0.6) is 0 Å². The summed E-state index contributed by atoms with van der Waals surface area (Å²) in [7, 11) is 1.80. The predicted molar refractivity (Wildman–Crippen MR) is 63.9 cm³/mol. The van der Waals surface area contributed by atoms with Gasteiger partial charge in [0.2, 0.25) is 0 Å². The van der Waals surface area contributed by atoms with Gasteiger partial charge >= 0.3 is 0 Å². The maximum atomic E-state index is 5.88. The predicted octanol–water partition coefficient (Wildman–Crippen LogP) is 1.33. The van der Waals surface area contributed by atoms with Crippen molar-refractivity contribution in [3.8, 4) is 0 Å². The highest BCUT2D eigenvalue weighted by atomic mass is 16.5.